The zero-order valence-electron chi connectivity index (χ0n) is 15.7. The van der Waals surface area contributed by atoms with Crippen molar-refractivity contribution in [3.05, 3.63) is 77.2 Å². The van der Waals surface area contributed by atoms with Crippen molar-refractivity contribution in [3.8, 4) is 5.88 Å². The first-order valence-electron chi connectivity index (χ1n) is 9.63. The third kappa shape index (κ3) is 3.24. The van der Waals surface area contributed by atoms with E-state index in [1.807, 2.05) is 30.3 Å². The van der Waals surface area contributed by atoms with Gasteiger partial charge in [-0.1, -0.05) is 53.8 Å². The SMILES string of the molecule is Oc1c([C@@H](c2ccccc2)[NH+]2CCN(c3ccccc3F)CC2)sc2ncnn12. The molecule has 0 bridgehead atoms. The first kappa shape index (κ1) is 18.1. The molecule has 0 unspecified atom stereocenters. The Morgan fingerprint density at radius 3 is 2.48 bits per heavy atom. The van der Waals surface area contributed by atoms with Crippen LogP contribution in [0, 0.1) is 5.82 Å². The van der Waals surface area contributed by atoms with E-state index in [0.717, 1.165) is 36.6 Å². The van der Waals surface area contributed by atoms with Crippen molar-refractivity contribution < 1.29 is 14.4 Å². The van der Waals surface area contributed by atoms with Crippen LogP contribution >= 0.6 is 11.3 Å². The number of hydrogen-bond donors (Lipinski definition) is 2. The maximum Gasteiger partial charge on any atom is 0.235 e. The molecule has 0 aliphatic carbocycles. The molecule has 148 valence electrons. The first-order chi connectivity index (χ1) is 14.2. The lowest BCUT2D eigenvalue weighted by Gasteiger charge is -2.37. The number of hydrogen-bond acceptors (Lipinski definition) is 5. The lowest BCUT2D eigenvalue weighted by molar-refractivity contribution is -0.925. The number of fused-ring (bicyclic) bond motifs is 1. The second-order valence-corrected chi connectivity index (χ2v) is 8.19. The number of halogens is 1. The maximum absolute atomic E-state index is 14.2. The summed E-state index contributed by atoms with van der Waals surface area (Å²) in [5.74, 6) is -0.0286. The summed E-state index contributed by atoms with van der Waals surface area (Å²) in [7, 11) is 0. The molecule has 2 aromatic heterocycles. The number of rotatable bonds is 4. The maximum atomic E-state index is 14.2. The van der Waals surface area contributed by atoms with E-state index in [-0.39, 0.29) is 17.7 Å². The van der Waals surface area contributed by atoms with Crippen LogP contribution in [-0.2, 0) is 0 Å². The average Bonchev–Trinajstić information content (AvgIpc) is 3.34. The van der Waals surface area contributed by atoms with Gasteiger partial charge in [-0.2, -0.15) is 9.61 Å². The second kappa shape index (κ2) is 7.46. The Morgan fingerprint density at radius 2 is 1.76 bits per heavy atom. The summed E-state index contributed by atoms with van der Waals surface area (Å²) in [6.45, 7) is 3.17. The zero-order valence-corrected chi connectivity index (χ0v) is 16.5. The molecule has 1 aliphatic heterocycles. The predicted octanol–water partition coefficient (Wildman–Crippen LogP) is 2.13. The molecule has 3 heterocycles. The van der Waals surface area contributed by atoms with Crippen molar-refractivity contribution in [1.29, 1.82) is 0 Å². The van der Waals surface area contributed by atoms with Gasteiger partial charge < -0.3 is 14.9 Å². The smallest absolute Gasteiger partial charge is 0.235 e. The van der Waals surface area contributed by atoms with Crippen LogP contribution in [0.25, 0.3) is 4.96 Å². The van der Waals surface area contributed by atoms with E-state index in [9.17, 15) is 9.50 Å². The van der Waals surface area contributed by atoms with Crippen molar-refractivity contribution in [3.63, 3.8) is 0 Å². The van der Waals surface area contributed by atoms with Gasteiger partial charge in [-0.15, -0.1) is 0 Å². The van der Waals surface area contributed by atoms with Crippen molar-refractivity contribution in [1.82, 2.24) is 14.6 Å². The fraction of sp³-hybridized carbons (Fsp3) is 0.238. The molecule has 5 rings (SSSR count). The van der Waals surface area contributed by atoms with Crippen molar-refractivity contribution in [2.75, 3.05) is 31.1 Å². The fourth-order valence-corrected chi connectivity index (χ4v) is 5.25. The third-order valence-electron chi connectivity index (χ3n) is 5.54. The van der Waals surface area contributed by atoms with E-state index in [4.69, 9.17) is 0 Å². The molecule has 4 aromatic rings. The Hall–Kier alpha value is -2.97. The van der Waals surface area contributed by atoms with Crippen LogP contribution < -0.4 is 9.80 Å². The molecule has 1 saturated heterocycles. The Labute approximate surface area is 171 Å². The highest BCUT2D eigenvalue weighted by atomic mass is 32.1. The third-order valence-corrected chi connectivity index (χ3v) is 6.64. The average molecular weight is 410 g/mol. The van der Waals surface area contributed by atoms with E-state index < -0.39 is 0 Å². The zero-order chi connectivity index (χ0) is 19.8. The quantitative estimate of drug-likeness (QED) is 0.541. The Balaban J connectivity index is 1.46. The van der Waals surface area contributed by atoms with Crippen molar-refractivity contribution >= 4 is 22.0 Å². The van der Waals surface area contributed by atoms with E-state index in [2.05, 4.69) is 27.1 Å². The van der Waals surface area contributed by atoms with E-state index in [0.29, 0.717) is 10.6 Å². The summed E-state index contributed by atoms with van der Waals surface area (Å²) in [5.41, 5.74) is 1.80. The molecule has 8 heteroatoms. The molecule has 29 heavy (non-hydrogen) atoms. The van der Waals surface area contributed by atoms with Crippen LogP contribution in [-0.4, -0.2) is 45.9 Å². The number of aromatic nitrogens is 3. The molecule has 2 N–H and O–H groups in total. The molecule has 0 saturated carbocycles. The van der Waals surface area contributed by atoms with Gasteiger partial charge in [-0.25, -0.2) is 9.37 Å². The minimum absolute atomic E-state index is 0.0209. The lowest BCUT2D eigenvalue weighted by atomic mass is 10.0. The van der Waals surface area contributed by atoms with Gasteiger partial charge in [-0.3, -0.25) is 0 Å². The monoisotopic (exact) mass is 410 g/mol. The number of para-hydroxylation sites is 1. The summed E-state index contributed by atoms with van der Waals surface area (Å²) in [5, 5.41) is 14.9. The number of piperazine rings is 1. The van der Waals surface area contributed by atoms with E-state index in [1.165, 1.54) is 33.1 Å². The summed E-state index contributed by atoms with van der Waals surface area (Å²) in [6.07, 6.45) is 1.45. The molecule has 0 amide bonds. The number of thiazole rings is 1. The van der Waals surface area contributed by atoms with Gasteiger partial charge in [0.1, 0.15) is 17.0 Å². The van der Waals surface area contributed by atoms with Gasteiger partial charge in [0.25, 0.3) is 0 Å². The summed E-state index contributed by atoms with van der Waals surface area (Å²) >= 11 is 1.47. The molecule has 0 radical (unpaired) electrons. The summed E-state index contributed by atoms with van der Waals surface area (Å²) in [4.78, 5) is 9.22. The fourth-order valence-electron chi connectivity index (χ4n) is 4.13. The Kier molecular flexibility index (Phi) is 4.65. The molecule has 1 aliphatic rings. The van der Waals surface area contributed by atoms with E-state index in [1.54, 1.807) is 6.07 Å². The number of nitrogens with zero attached hydrogens (tertiary/aromatic N) is 4. The topological polar surface area (TPSA) is 58.1 Å². The Bertz CT molecular complexity index is 1120. The summed E-state index contributed by atoms with van der Waals surface area (Å²) in [6, 6.07) is 17.1. The van der Waals surface area contributed by atoms with Crippen LogP contribution in [0.3, 0.4) is 0 Å². The van der Waals surface area contributed by atoms with Gasteiger partial charge in [0.05, 0.1) is 31.9 Å². The normalized spacial score (nSPS) is 16.4. The van der Waals surface area contributed by atoms with Crippen LogP contribution in [0.4, 0.5) is 10.1 Å². The van der Waals surface area contributed by atoms with Crippen LogP contribution in [0.1, 0.15) is 16.5 Å². The highest BCUT2D eigenvalue weighted by molar-refractivity contribution is 7.17. The van der Waals surface area contributed by atoms with Gasteiger partial charge in [0.15, 0.2) is 6.04 Å². The molecular weight excluding hydrogens is 389 g/mol. The highest BCUT2D eigenvalue weighted by Crippen LogP contribution is 2.34. The lowest BCUT2D eigenvalue weighted by Crippen LogP contribution is -3.15. The molecule has 1 atom stereocenters. The largest absolute Gasteiger partial charge is 0.492 e. The highest BCUT2D eigenvalue weighted by Gasteiger charge is 2.35. The Morgan fingerprint density at radius 1 is 1.03 bits per heavy atom. The molecule has 0 spiro atoms. The number of nitrogens with one attached hydrogen (secondary N) is 1. The van der Waals surface area contributed by atoms with E-state index >= 15 is 0 Å². The van der Waals surface area contributed by atoms with Crippen LogP contribution in [0.2, 0.25) is 0 Å². The van der Waals surface area contributed by atoms with Crippen molar-refractivity contribution in [2.45, 2.75) is 6.04 Å². The number of aromatic hydroxyl groups is 1. The number of quaternary nitrogens is 1. The predicted molar refractivity (Wildman–Crippen MR) is 110 cm³/mol. The minimum atomic E-state index is -0.182. The molecule has 6 nitrogen and oxygen atoms in total. The first-order valence-corrected chi connectivity index (χ1v) is 10.4. The molecule has 1 fully saturated rings. The number of benzene rings is 2. The summed E-state index contributed by atoms with van der Waals surface area (Å²) < 4.78 is 15.7. The van der Waals surface area contributed by atoms with Gasteiger partial charge in [0, 0.05) is 5.56 Å². The van der Waals surface area contributed by atoms with Gasteiger partial charge in [-0.05, 0) is 12.1 Å². The minimum Gasteiger partial charge on any atom is -0.492 e. The number of anilines is 1. The molecular formula is C21H21FN5OS+. The van der Waals surface area contributed by atoms with Gasteiger partial charge >= 0.3 is 0 Å². The van der Waals surface area contributed by atoms with Crippen molar-refractivity contribution in [2.24, 2.45) is 0 Å². The second-order valence-electron chi connectivity index (χ2n) is 7.18. The molecule has 2 aromatic carbocycles. The standard InChI is InChI=1S/C21H20FN5OS/c22-16-8-4-5-9-17(16)25-10-12-26(13-11-25)18(15-6-2-1-3-7-15)19-20(28)27-21(29-19)23-14-24-27/h1-9,14,18,28H,10-13H2/p+1/t18-/m1/s1. The van der Waals surface area contributed by atoms with Crippen LogP contribution in [0.5, 0.6) is 5.88 Å². The van der Waals surface area contributed by atoms with Crippen LogP contribution in [0.15, 0.2) is 60.9 Å². The van der Waals surface area contributed by atoms with Gasteiger partial charge in [0.2, 0.25) is 10.8 Å².